The number of nitrogens with one attached hydrogen (secondary N) is 1. The van der Waals surface area contributed by atoms with E-state index < -0.39 is 0 Å². The average molecular weight is 286 g/mol. The van der Waals surface area contributed by atoms with Gasteiger partial charge in [0.25, 0.3) is 0 Å². The highest BCUT2D eigenvalue weighted by molar-refractivity contribution is 9.10. The third-order valence-electron chi connectivity index (χ3n) is 2.93. The lowest BCUT2D eigenvalue weighted by Gasteiger charge is -2.11. The summed E-state index contributed by atoms with van der Waals surface area (Å²) in [5.74, 6) is 0.266. The molecule has 1 saturated carbocycles. The summed E-state index contributed by atoms with van der Waals surface area (Å²) in [4.78, 5) is 11.8. The molecule has 1 aliphatic carbocycles. The topological polar surface area (TPSA) is 29.1 Å². The van der Waals surface area contributed by atoms with Gasteiger partial charge < -0.3 is 5.32 Å². The lowest BCUT2D eigenvalue weighted by atomic mass is 10.1. The Bertz CT molecular complexity index is 417. The van der Waals surface area contributed by atoms with Crippen molar-refractivity contribution in [2.45, 2.75) is 19.8 Å². The molecule has 1 amide bonds. The number of hydrogen-bond acceptors (Lipinski definition) is 1. The molecule has 1 aromatic rings. The first kappa shape index (κ1) is 11.6. The Morgan fingerprint density at radius 2 is 2.25 bits per heavy atom. The van der Waals surface area contributed by atoms with Crippen molar-refractivity contribution in [1.29, 1.82) is 0 Å². The van der Waals surface area contributed by atoms with E-state index in [1.165, 1.54) is 6.07 Å². The Morgan fingerprint density at radius 3 is 2.81 bits per heavy atom. The molecule has 4 heteroatoms. The number of hydrogen-bond donors (Lipinski definition) is 1. The van der Waals surface area contributed by atoms with E-state index in [-0.39, 0.29) is 17.6 Å². The molecule has 1 N–H and O–H groups in total. The van der Waals surface area contributed by atoms with Gasteiger partial charge in [-0.2, -0.15) is 0 Å². The van der Waals surface area contributed by atoms with Gasteiger partial charge in [-0.3, -0.25) is 4.79 Å². The second kappa shape index (κ2) is 4.53. The number of carbonyl (C=O) groups excluding carboxylic acids is 1. The first-order valence-corrected chi connectivity index (χ1v) is 6.13. The van der Waals surface area contributed by atoms with E-state index in [9.17, 15) is 9.18 Å². The van der Waals surface area contributed by atoms with E-state index in [1.807, 2.05) is 6.92 Å². The van der Waals surface area contributed by atoms with Gasteiger partial charge in [0, 0.05) is 11.6 Å². The largest absolute Gasteiger partial charge is 0.326 e. The molecule has 0 bridgehead atoms. The zero-order chi connectivity index (χ0) is 11.7. The summed E-state index contributed by atoms with van der Waals surface area (Å²) in [6.45, 7) is 1.94. The number of amides is 1. The molecular weight excluding hydrogens is 273 g/mol. The van der Waals surface area contributed by atoms with Crippen LogP contribution in [0.25, 0.3) is 0 Å². The molecule has 0 aromatic heterocycles. The second-order valence-corrected chi connectivity index (χ2v) is 5.10. The Balaban J connectivity index is 2.02. The van der Waals surface area contributed by atoms with Gasteiger partial charge >= 0.3 is 0 Å². The molecule has 1 aliphatic rings. The highest BCUT2D eigenvalue weighted by Gasteiger charge is 2.32. The van der Waals surface area contributed by atoms with Crippen LogP contribution in [0.3, 0.4) is 0 Å². The molecular formula is C12H13BrFNO. The summed E-state index contributed by atoms with van der Waals surface area (Å²) in [5.41, 5.74) is 0.630. The van der Waals surface area contributed by atoms with Crippen LogP contribution in [0.1, 0.15) is 19.8 Å². The Hall–Kier alpha value is -0.900. The zero-order valence-corrected chi connectivity index (χ0v) is 10.6. The first-order chi connectivity index (χ1) is 7.58. The van der Waals surface area contributed by atoms with Crippen LogP contribution in [0.15, 0.2) is 22.7 Å². The lowest BCUT2D eigenvalue weighted by Crippen LogP contribution is -2.21. The SMILES string of the molecule is CC(C(=O)Nc1ccc(F)c(Br)c1)C1CC1. The Morgan fingerprint density at radius 1 is 1.56 bits per heavy atom. The quantitative estimate of drug-likeness (QED) is 0.904. The molecule has 2 nitrogen and oxygen atoms in total. The molecule has 0 spiro atoms. The fraction of sp³-hybridized carbons (Fsp3) is 0.417. The fourth-order valence-electron chi connectivity index (χ4n) is 1.64. The number of anilines is 1. The van der Waals surface area contributed by atoms with Crippen LogP contribution in [-0.2, 0) is 4.79 Å². The molecule has 1 unspecified atom stereocenters. The molecule has 0 aliphatic heterocycles. The number of rotatable bonds is 3. The van der Waals surface area contributed by atoms with Crippen molar-refractivity contribution in [3.63, 3.8) is 0 Å². The zero-order valence-electron chi connectivity index (χ0n) is 8.97. The predicted molar refractivity (Wildman–Crippen MR) is 64.6 cm³/mol. The molecule has 1 fully saturated rings. The molecule has 1 aromatic carbocycles. The van der Waals surface area contributed by atoms with Crippen LogP contribution in [0.4, 0.5) is 10.1 Å². The molecule has 86 valence electrons. The van der Waals surface area contributed by atoms with Gasteiger partial charge in [-0.15, -0.1) is 0 Å². The summed E-state index contributed by atoms with van der Waals surface area (Å²) in [6.07, 6.45) is 2.28. The normalized spacial score (nSPS) is 16.9. The van der Waals surface area contributed by atoms with Crippen molar-refractivity contribution >= 4 is 27.5 Å². The molecule has 0 radical (unpaired) electrons. The highest BCUT2D eigenvalue weighted by atomic mass is 79.9. The minimum Gasteiger partial charge on any atom is -0.326 e. The van der Waals surface area contributed by atoms with Crippen LogP contribution in [0.5, 0.6) is 0 Å². The first-order valence-electron chi connectivity index (χ1n) is 5.34. The summed E-state index contributed by atoms with van der Waals surface area (Å²) in [7, 11) is 0. The monoisotopic (exact) mass is 285 g/mol. The van der Waals surface area contributed by atoms with Gasteiger partial charge in [-0.25, -0.2) is 4.39 Å². The average Bonchev–Trinajstić information content (AvgIpc) is 3.06. The summed E-state index contributed by atoms with van der Waals surface area (Å²) in [6, 6.07) is 4.48. The predicted octanol–water partition coefficient (Wildman–Crippen LogP) is 3.57. The van der Waals surface area contributed by atoms with Gasteiger partial charge in [-0.1, -0.05) is 6.92 Å². The molecule has 2 rings (SSSR count). The minimum atomic E-state index is -0.326. The van der Waals surface area contributed by atoms with E-state index in [1.54, 1.807) is 12.1 Å². The van der Waals surface area contributed by atoms with Crippen LogP contribution in [0, 0.1) is 17.7 Å². The minimum absolute atomic E-state index is 0.0148. The molecule has 0 saturated heterocycles. The van der Waals surface area contributed by atoms with E-state index in [4.69, 9.17) is 0 Å². The number of carbonyl (C=O) groups is 1. The van der Waals surface area contributed by atoms with E-state index in [0.29, 0.717) is 16.1 Å². The summed E-state index contributed by atoms with van der Waals surface area (Å²) in [5, 5.41) is 2.80. The summed E-state index contributed by atoms with van der Waals surface area (Å²) < 4.78 is 13.3. The maximum Gasteiger partial charge on any atom is 0.227 e. The Labute approximate surface area is 102 Å². The van der Waals surface area contributed by atoms with Gasteiger partial charge in [0.1, 0.15) is 5.82 Å². The van der Waals surface area contributed by atoms with Gasteiger partial charge in [0.2, 0.25) is 5.91 Å². The third kappa shape index (κ3) is 2.61. The van der Waals surface area contributed by atoms with E-state index in [2.05, 4.69) is 21.2 Å². The standard InChI is InChI=1S/C12H13BrFNO/c1-7(8-2-3-8)12(16)15-9-4-5-11(14)10(13)6-9/h4-8H,2-3H2,1H3,(H,15,16). The van der Waals surface area contributed by atoms with Gasteiger partial charge in [0.05, 0.1) is 4.47 Å². The number of benzene rings is 1. The highest BCUT2D eigenvalue weighted by Crippen LogP contribution is 2.37. The van der Waals surface area contributed by atoms with Crippen molar-refractivity contribution in [3.05, 3.63) is 28.5 Å². The van der Waals surface area contributed by atoms with Gasteiger partial charge in [-0.05, 0) is 52.9 Å². The lowest BCUT2D eigenvalue weighted by molar-refractivity contribution is -0.119. The van der Waals surface area contributed by atoms with Crippen LogP contribution in [0.2, 0.25) is 0 Å². The Kier molecular flexibility index (Phi) is 3.28. The van der Waals surface area contributed by atoms with Crippen molar-refractivity contribution in [2.75, 3.05) is 5.32 Å². The second-order valence-electron chi connectivity index (χ2n) is 4.24. The van der Waals surface area contributed by atoms with Crippen LogP contribution in [-0.4, -0.2) is 5.91 Å². The van der Waals surface area contributed by atoms with Crippen molar-refractivity contribution in [1.82, 2.24) is 0 Å². The molecule has 16 heavy (non-hydrogen) atoms. The van der Waals surface area contributed by atoms with E-state index in [0.717, 1.165) is 12.8 Å². The van der Waals surface area contributed by atoms with Crippen LogP contribution < -0.4 is 5.32 Å². The van der Waals surface area contributed by atoms with Crippen molar-refractivity contribution in [3.8, 4) is 0 Å². The maximum atomic E-state index is 13.0. The molecule has 1 atom stereocenters. The number of halogens is 2. The third-order valence-corrected chi connectivity index (χ3v) is 3.54. The van der Waals surface area contributed by atoms with Crippen molar-refractivity contribution < 1.29 is 9.18 Å². The molecule has 0 heterocycles. The summed E-state index contributed by atoms with van der Waals surface area (Å²) >= 11 is 3.09. The van der Waals surface area contributed by atoms with E-state index >= 15 is 0 Å². The van der Waals surface area contributed by atoms with Gasteiger partial charge in [0.15, 0.2) is 0 Å². The smallest absolute Gasteiger partial charge is 0.227 e. The maximum absolute atomic E-state index is 13.0. The van der Waals surface area contributed by atoms with Crippen molar-refractivity contribution in [2.24, 2.45) is 11.8 Å². The van der Waals surface area contributed by atoms with Crippen LogP contribution >= 0.6 is 15.9 Å². The fourth-order valence-corrected chi connectivity index (χ4v) is 2.02.